The second-order valence-electron chi connectivity index (χ2n) is 4.25. The van der Waals surface area contributed by atoms with Crippen LogP contribution in [0.5, 0.6) is 5.75 Å². The molecule has 2 aromatic rings. The second-order valence-corrected chi connectivity index (χ2v) is 5.27. The van der Waals surface area contributed by atoms with Gasteiger partial charge >= 0.3 is 0 Å². The van der Waals surface area contributed by atoms with Crippen LogP contribution in [0, 0.1) is 11.3 Å². The lowest BCUT2D eigenvalue weighted by molar-refractivity contribution is 0.104. The van der Waals surface area contributed by atoms with Crippen LogP contribution in [0.4, 0.5) is 10.7 Å². The van der Waals surface area contributed by atoms with Gasteiger partial charge in [0.15, 0.2) is 0 Å². The molecule has 3 N–H and O–H groups in total. The lowest BCUT2D eigenvalue weighted by Crippen LogP contribution is -2.02. The Morgan fingerprint density at radius 3 is 2.62 bits per heavy atom. The molecule has 2 rings (SSSR count). The first-order valence-electron chi connectivity index (χ1n) is 6.37. The first-order chi connectivity index (χ1) is 10.1. The van der Waals surface area contributed by atoms with Crippen molar-refractivity contribution in [3.05, 3.63) is 40.3 Å². The van der Waals surface area contributed by atoms with E-state index in [0.717, 1.165) is 0 Å². The number of thiophene rings is 1. The quantitative estimate of drug-likeness (QED) is 0.829. The average molecular weight is 301 g/mol. The molecule has 1 heterocycles. The molecule has 0 fully saturated rings. The summed E-state index contributed by atoms with van der Waals surface area (Å²) in [4.78, 5) is 12.9. The Balaban J connectivity index is 2.41. The highest BCUT2D eigenvalue weighted by atomic mass is 32.1. The van der Waals surface area contributed by atoms with Crippen LogP contribution in [0.2, 0.25) is 0 Å². The van der Waals surface area contributed by atoms with Crippen molar-refractivity contribution in [3.8, 4) is 11.8 Å². The lowest BCUT2D eigenvalue weighted by Gasteiger charge is -2.02. The Kier molecular flexibility index (Phi) is 4.45. The van der Waals surface area contributed by atoms with Gasteiger partial charge in [-0.05, 0) is 31.2 Å². The molecule has 0 atom stereocenters. The summed E-state index contributed by atoms with van der Waals surface area (Å²) in [7, 11) is 1.57. The zero-order chi connectivity index (χ0) is 15.4. The van der Waals surface area contributed by atoms with E-state index >= 15 is 0 Å². The minimum atomic E-state index is -0.194. The van der Waals surface area contributed by atoms with Gasteiger partial charge < -0.3 is 15.8 Å². The van der Waals surface area contributed by atoms with E-state index < -0.39 is 0 Å². The van der Waals surface area contributed by atoms with Crippen molar-refractivity contribution in [2.45, 2.75) is 6.92 Å². The Hall–Kier alpha value is -2.52. The fraction of sp³-hybridized carbons (Fsp3) is 0.200. The Morgan fingerprint density at radius 1 is 1.43 bits per heavy atom. The summed E-state index contributed by atoms with van der Waals surface area (Å²) < 4.78 is 5.06. The van der Waals surface area contributed by atoms with Gasteiger partial charge in [0.05, 0.1) is 12.8 Å². The van der Waals surface area contributed by atoms with Crippen LogP contribution >= 0.6 is 11.3 Å². The summed E-state index contributed by atoms with van der Waals surface area (Å²) in [5, 5.41) is 12.9. The summed E-state index contributed by atoms with van der Waals surface area (Å²) in [6.07, 6.45) is 0. The Labute approximate surface area is 127 Å². The zero-order valence-electron chi connectivity index (χ0n) is 11.8. The van der Waals surface area contributed by atoms with E-state index in [9.17, 15) is 4.79 Å². The van der Waals surface area contributed by atoms with E-state index in [-0.39, 0.29) is 11.5 Å². The smallest absolute Gasteiger partial charge is 0.205 e. The molecule has 0 aliphatic rings. The highest BCUT2D eigenvalue weighted by Crippen LogP contribution is 2.36. The molecule has 1 aromatic heterocycles. The van der Waals surface area contributed by atoms with Crippen molar-refractivity contribution < 1.29 is 9.53 Å². The number of methoxy groups -OCH3 is 1. The number of carbonyl (C=O) groups excluding carboxylic acids is 1. The van der Waals surface area contributed by atoms with E-state index in [1.165, 1.54) is 11.3 Å². The van der Waals surface area contributed by atoms with E-state index in [1.54, 1.807) is 31.4 Å². The van der Waals surface area contributed by atoms with Crippen molar-refractivity contribution in [1.29, 1.82) is 5.26 Å². The number of ether oxygens (including phenoxy) is 1. The molecule has 108 valence electrons. The van der Waals surface area contributed by atoms with Crippen molar-refractivity contribution in [2.75, 3.05) is 24.7 Å². The third kappa shape index (κ3) is 2.83. The maximum atomic E-state index is 12.5. The van der Waals surface area contributed by atoms with E-state index in [1.807, 2.05) is 13.0 Å². The molecule has 21 heavy (non-hydrogen) atoms. The van der Waals surface area contributed by atoms with Crippen LogP contribution < -0.4 is 15.8 Å². The largest absolute Gasteiger partial charge is 0.497 e. The van der Waals surface area contributed by atoms with Crippen LogP contribution in [-0.2, 0) is 0 Å². The van der Waals surface area contributed by atoms with E-state index in [4.69, 9.17) is 15.7 Å². The first kappa shape index (κ1) is 14.9. The number of ketones is 1. The number of carbonyl (C=O) groups is 1. The Morgan fingerprint density at radius 2 is 2.10 bits per heavy atom. The molecule has 0 amide bonds. The van der Waals surface area contributed by atoms with Gasteiger partial charge in [0, 0.05) is 12.1 Å². The first-order valence-corrected chi connectivity index (χ1v) is 7.19. The van der Waals surface area contributed by atoms with Crippen molar-refractivity contribution in [3.63, 3.8) is 0 Å². The maximum absolute atomic E-state index is 12.5. The fourth-order valence-corrected chi connectivity index (χ4v) is 2.98. The molecule has 0 aliphatic heterocycles. The maximum Gasteiger partial charge on any atom is 0.205 e. The number of nitrogen functional groups attached to an aromatic ring is 1. The summed E-state index contributed by atoms with van der Waals surface area (Å²) in [5.74, 6) is 0.484. The van der Waals surface area contributed by atoms with Crippen molar-refractivity contribution >= 4 is 27.8 Å². The third-order valence-corrected chi connectivity index (χ3v) is 4.11. The zero-order valence-corrected chi connectivity index (χ0v) is 12.6. The molecule has 0 saturated heterocycles. The standard InChI is InChI=1S/C15H15N3O2S/c1-3-18-15-11(8-16)12(17)14(21-15)13(19)9-4-6-10(20-2)7-5-9/h4-7,18H,3,17H2,1-2H3. The SMILES string of the molecule is CCNc1sc(C(=O)c2ccc(OC)cc2)c(N)c1C#N. The van der Waals surface area contributed by atoms with Crippen LogP contribution in [0.25, 0.3) is 0 Å². The molecule has 0 aliphatic carbocycles. The topological polar surface area (TPSA) is 88.1 Å². The summed E-state index contributed by atoms with van der Waals surface area (Å²) in [6, 6.07) is 8.84. The monoisotopic (exact) mass is 301 g/mol. The van der Waals surface area contributed by atoms with E-state index in [0.29, 0.717) is 33.3 Å². The number of hydrogen-bond donors (Lipinski definition) is 2. The molecule has 0 radical (unpaired) electrons. The van der Waals surface area contributed by atoms with E-state index in [2.05, 4.69) is 5.32 Å². The van der Waals surface area contributed by atoms with Crippen molar-refractivity contribution in [2.24, 2.45) is 0 Å². The van der Waals surface area contributed by atoms with Gasteiger partial charge in [0.1, 0.15) is 27.3 Å². The van der Waals surface area contributed by atoms with Crippen LogP contribution in [0.1, 0.15) is 27.7 Å². The van der Waals surface area contributed by atoms with Crippen LogP contribution in [0.15, 0.2) is 24.3 Å². The summed E-state index contributed by atoms with van der Waals surface area (Å²) in [5.41, 5.74) is 7.02. The lowest BCUT2D eigenvalue weighted by atomic mass is 10.1. The molecule has 0 bridgehead atoms. The van der Waals surface area contributed by atoms with Crippen LogP contribution in [0.3, 0.4) is 0 Å². The summed E-state index contributed by atoms with van der Waals surface area (Å²) >= 11 is 1.21. The number of nitrogens with zero attached hydrogens (tertiary/aromatic N) is 1. The number of anilines is 2. The van der Waals surface area contributed by atoms with Crippen LogP contribution in [-0.4, -0.2) is 19.4 Å². The second kappa shape index (κ2) is 6.29. The molecule has 6 heteroatoms. The number of hydrogen-bond acceptors (Lipinski definition) is 6. The third-order valence-electron chi connectivity index (χ3n) is 2.95. The van der Waals surface area contributed by atoms with Gasteiger partial charge in [0.25, 0.3) is 0 Å². The minimum absolute atomic E-state index is 0.194. The van der Waals surface area contributed by atoms with Gasteiger partial charge in [-0.2, -0.15) is 5.26 Å². The number of nitriles is 1. The van der Waals surface area contributed by atoms with Crippen molar-refractivity contribution in [1.82, 2.24) is 0 Å². The average Bonchev–Trinajstić information content (AvgIpc) is 2.83. The molecule has 1 aromatic carbocycles. The Bertz CT molecular complexity index is 699. The molecular formula is C15H15N3O2S. The van der Waals surface area contributed by atoms with Gasteiger partial charge in [-0.1, -0.05) is 0 Å². The number of nitrogens with two attached hydrogens (primary N) is 1. The predicted molar refractivity (Wildman–Crippen MR) is 84.0 cm³/mol. The fourth-order valence-electron chi connectivity index (χ4n) is 1.88. The summed E-state index contributed by atoms with van der Waals surface area (Å²) in [6.45, 7) is 2.58. The minimum Gasteiger partial charge on any atom is -0.497 e. The normalized spacial score (nSPS) is 9.95. The molecule has 0 spiro atoms. The molecule has 0 saturated carbocycles. The predicted octanol–water partition coefficient (Wildman–Crippen LogP) is 2.87. The molecular weight excluding hydrogens is 286 g/mol. The van der Waals surface area contributed by atoms with Gasteiger partial charge in [-0.15, -0.1) is 11.3 Å². The highest BCUT2D eigenvalue weighted by molar-refractivity contribution is 7.19. The number of nitrogens with one attached hydrogen (secondary N) is 1. The molecule has 5 nitrogen and oxygen atoms in total. The number of benzene rings is 1. The van der Waals surface area contributed by atoms with Gasteiger partial charge in [0.2, 0.25) is 5.78 Å². The van der Waals surface area contributed by atoms with Gasteiger partial charge in [-0.25, -0.2) is 0 Å². The highest BCUT2D eigenvalue weighted by Gasteiger charge is 2.21. The number of rotatable bonds is 5. The molecule has 0 unspecified atom stereocenters. The van der Waals surface area contributed by atoms with Gasteiger partial charge in [-0.3, -0.25) is 4.79 Å².